The Balaban J connectivity index is 1.65. The number of methoxy groups -OCH3 is 1. The number of quaternary nitrogens is 1. The number of amides is 1. The van der Waals surface area contributed by atoms with Crippen molar-refractivity contribution in [3.8, 4) is 5.75 Å². The summed E-state index contributed by atoms with van der Waals surface area (Å²) in [6.45, 7) is 5.37. The van der Waals surface area contributed by atoms with Crippen LogP contribution in [0.15, 0.2) is 42.5 Å². The predicted molar refractivity (Wildman–Crippen MR) is 95.4 cm³/mol. The number of aryl methyl sites for hydroxylation is 1. The van der Waals surface area contributed by atoms with E-state index in [1.807, 2.05) is 41.3 Å². The Bertz CT molecular complexity index is 723. The highest BCUT2D eigenvalue weighted by Gasteiger charge is 2.26. The molecular formula is C19H22ClN2O2+. The molecule has 1 saturated heterocycles. The zero-order valence-corrected chi connectivity index (χ0v) is 14.8. The lowest BCUT2D eigenvalue weighted by Crippen LogP contribution is -3.10. The van der Waals surface area contributed by atoms with Crippen molar-refractivity contribution in [2.45, 2.75) is 6.92 Å². The van der Waals surface area contributed by atoms with Crippen LogP contribution in [0.1, 0.15) is 15.9 Å². The van der Waals surface area contributed by atoms with Gasteiger partial charge in [0.2, 0.25) is 0 Å². The largest absolute Gasteiger partial charge is 0.497 e. The van der Waals surface area contributed by atoms with E-state index in [2.05, 4.69) is 13.0 Å². The molecule has 126 valence electrons. The highest BCUT2D eigenvalue weighted by Crippen LogP contribution is 2.18. The first kappa shape index (κ1) is 16.8. The first-order valence-electron chi connectivity index (χ1n) is 8.13. The summed E-state index contributed by atoms with van der Waals surface area (Å²) in [6, 6.07) is 13.3. The molecular weight excluding hydrogens is 324 g/mol. The molecule has 3 rings (SSSR count). The van der Waals surface area contributed by atoms with Crippen molar-refractivity contribution in [1.82, 2.24) is 4.90 Å². The Kier molecular flexibility index (Phi) is 5.07. The van der Waals surface area contributed by atoms with E-state index in [1.54, 1.807) is 7.11 Å². The van der Waals surface area contributed by atoms with E-state index in [-0.39, 0.29) is 5.91 Å². The number of nitrogens with zero attached hydrogens (tertiary/aromatic N) is 1. The molecule has 1 aliphatic rings. The predicted octanol–water partition coefficient (Wildman–Crippen LogP) is 2.33. The fourth-order valence-corrected chi connectivity index (χ4v) is 3.31. The maximum atomic E-state index is 12.6. The van der Waals surface area contributed by atoms with Gasteiger partial charge in [-0.15, -0.1) is 0 Å². The van der Waals surface area contributed by atoms with Gasteiger partial charge in [0.15, 0.2) is 0 Å². The lowest BCUT2D eigenvalue weighted by molar-refractivity contribution is -0.837. The normalized spacial score (nSPS) is 15.4. The number of ether oxygens (including phenoxy) is 1. The third-order valence-corrected chi connectivity index (χ3v) is 4.81. The van der Waals surface area contributed by atoms with Crippen LogP contribution >= 0.6 is 11.6 Å². The summed E-state index contributed by atoms with van der Waals surface area (Å²) in [5, 5.41) is 0.764. The van der Waals surface area contributed by atoms with Crippen LogP contribution in [-0.2, 0) is 0 Å². The Morgan fingerprint density at radius 2 is 1.79 bits per heavy atom. The molecule has 1 heterocycles. The summed E-state index contributed by atoms with van der Waals surface area (Å²) < 4.78 is 5.14. The molecule has 0 spiro atoms. The number of nitrogens with one attached hydrogen (secondary N) is 1. The standard InChI is InChI=1S/C19H21ClN2O2/c1-14-3-6-16(20)13-18(14)21-9-11-22(12-10-21)19(23)15-4-7-17(24-2)8-5-15/h3-8,13H,9-12H2,1-2H3/p+1. The van der Waals surface area contributed by atoms with E-state index < -0.39 is 0 Å². The van der Waals surface area contributed by atoms with Crippen molar-refractivity contribution in [2.24, 2.45) is 0 Å². The van der Waals surface area contributed by atoms with Crippen LogP contribution in [0.3, 0.4) is 0 Å². The van der Waals surface area contributed by atoms with Crippen LogP contribution in [0.4, 0.5) is 5.69 Å². The van der Waals surface area contributed by atoms with Crippen molar-refractivity contribution in [3.63, 3.8) is 0 Å². The molecule has 0 unspecified atom stereocenters. The number of hydrogen-bond acceptors (Lipinski definition) is 2. The lowest BCUT2D eigenvalue weighted by Gasteiger charge is -2.32. The number of carbonyl (C=O) groups excluding carboxylic acids is 1. The van der Waals surface area contributed by atoms with E-state index >= 15 is 0 Å². The van der Waals surface area contributed by atoms with Gasteiger partial charge in [0.1, 0.15) is 11.4 Å². The topological polar surface area (TPSA) is 34.0 Å². The van der Waals surface area contributed by atoms with Gasteiger partial charge in [-0.05, 0) is 37.3 Å². The summed E-state index contributed by atoms with van der Waals surface area (Å²) in [5.74, 6) is 0.844. The van der Waals surface area contributed by atoms with Crippen molar-refractivity contribution in [3.05, 3.63) is 58.6 Å². The quantitative estimate of drug-likeness (QED) is 0.926. The van der Waals surface area contributed by atoms with Crippen LogP contribution in [0, 0.1) is 6.92 Å². The highest BCUT2D eigenvalue weighted by molar-refractivity contribution is 6.30. The smallest absolute Gasteiger partial charge is 0.254 e. The molecule has 1 amide bonds. The number of halogens is 1. The second kappa shape index (κ2) is 7.24. The molecule has 0 aromatic heterocycles. The van der Waals surface area contributed by atoms with E-state index in [1.165, 1.54) is 16.2 Å². The molecule has 1 aliphatic heterocycles. The molecule has 24 heavy (non-hydrogen) atoms. The minimum absolute atomic E-state index is 0.0829. The first-order chi connectivity index (χ1) is 11.6. The van der Waals surface area contributed by atoms with Gasteiger partial charge in [-0.2, -0.15) is 0 Å². The molecule has 4 nitrogen and oxygen atoms in total. The van der Waals surface area contributed by atoms with E-state index in [0.717, 1.165) is 37.0 Å². The fraction of sp³-hybridized carbons (Fsp3) is 0.316. The van der Waals surface area contributed by atoms with Gasteiger partial charge in [-0.3, -0.25) is 9.69 Å². The summed E-state index contributed by atoms with van der Waals surface area (Å²) in [5.41, 5.74) is 3.18. The Morgan fingerprint density at radius 1 is 1.12 bits per heavy atom. The maximum absolute atomic E-state index is 12.6. The summed E-state index contributed by atoms with van der Waals surface area (Å²) in [7, 11) is 1.62. The van der Waals surface area contributed by atoms with Gasteiger partial charge in [-0.25, -0.2) is 0 Å². The molecule has 0 saturated carbocycles. The van der Waals surface area contributed by atoms with Crippen molar-refractivity contribution in [2.75, 3.05) is 33.3 Å². The fourth-order valence-electron chi connectivity index (χ4n) is 3.14. The van der Waals surface area contributed by atoms with Crippen LogP contribution in [0.5, 0.6) is 5.75 Å². The maximum Gasteiger partial charge on any atom is 0.254 e. The average Bonchev–Trinajstić information content (AvgIpc) is 2.63. The van der Waals surface area contributed by atoms with Gasteiger partial charge in [-0.1, -0.05) is 17.7 Å². The average molecular weight is 346 g/mol. The van der Waals surface area contributed by atoms with Gasteiger partial charge in [0.05, 0.1) is 33.3 Å². The van der Waals surface area contributed by atoms with Crippen LogP contribution in [0.2, 0.25) is 5.02 Å². The highest BCUT2D eigenvalue weighted by atomic mass is 35.5. The van der Waals surface area contributed by atoms with E-state index in [0.29, 0.717) is 5.56 Å². The second-order valence-corrected chi connectivity index (χ2v) is 6.52. The number of carbonyl (C=O) groups is 1. The monoisotopic (exact) mass is 345 g/mol. The van der Waals surface area contributed by atoms with E-state index in [4.69, 9.17) is 16.3 Å². The summed E-state index contributed by atoms with van der Waals surface area (Å²) in [4.78, 5) is 15.9. The number of piperazine rings is 1. The molecule has 0 radical (unpaired) electrons. The Labute approximate surface area is 147 Å². The van der Waals surface area contributed by atoms with Crippen LogP contribution in [-0.4, -0.2) is 44.1 Å². The van der Waals surface area contributed by atoms with Crippen molar-refractivity contribution in [1.29, 1.82) is 0 Å². The lowest BCUT2D eigenvalue weighted by atomic mass is 10.1. The summed E-state index contributed by atoms with van der Waals surface area (Å²) >= 11 is 6.13. The molecule has 0 bridgehead atoms. The molecule has 2 aromatic rings. The molecule has 0 atom stereocenters. The minimum atomic E-state index is 0.0829. The van der Waals surface area contributed by atoms with Crippen LogP contribution < -0.4 is 9.64 Å². The van der Waals surface area contributed by atoms with Gasteiger partial charge >= 0.3 is 0 Å². The first-order valence-corrected chi connectivity index (χ1v) is 8.51. The molecule has 2 aromatic carbocycles. The third kappa shape index (κ3) is 3.55. The summed E-state index contributed by atoms with van der Waals surface area (Å²) in [6.07, 6.45) is 0. The number of benzene rings is 2. The minimum Gasteiger partial charge on any atom is -0.497 e. The zero-order chi connectivity index (χ0) is 17.1. The molecule has 1 fully saturated rings. The van der Waals surface area contributed by atoms with E-state index in [9.17, 15) is 4.79 Å². The van der Waals surface area contributed by atoms with Crippen molar-refractivity contribution >= 4 is 23.2 Å². The second-order valence-electron chi connectivity index (χ2n) is 6.08. The Hall–Kier alpha value is -2.04. The SMILES string of the molecule is COc1ccc(C(=O)N2CC[NH+](c3cc(Cl)ccc3C)CC2)cc1. The van der Waals surface area contributed by atoms with Crippen LogP contribution in [0.25, 0.3) is 0 Å². The molecule has 1 N–H and O–H groups in total. The van der Waals surface area contributed by atoms with Gasteiger partial charge < -0.3 is 9.64 Å². The molecule has 5 heteroatoms. The Morgan fingerprint density at radius 3 is 2.42 bits per heavy atom. The number of hydrogen-bond donors (Lipinski definition) is 1. The van der Waals surface area contributed by atoms with Gasteiger partial charge in [0.25, 0.3) is 5.91 Å². The molecule has 0 aliphatic carbocycles. The number of rotatable bonds is 3. The third-order valence-electron chi connectivity index (χ3n) is 4.57. The zero-order valence-electron chi connectivity index (χ0n) is 14.0. The van der Waals surface area contributed by atoms with Gasteiger partial charge in [0, 0.05) is 22.2 Å². The van der Waals surface area contributed by atoms with Crippen molar-refractivity contribution < 1.29 is 14.4 Å².